The van der Waals surface area contributed by atoms with Gasteiger partial charge < -0.3 is 9.73 Å². The number of aryl methyl sites for hydroxylation is 1. The highest BCUT2D eigenvalue weighted by molar-refractivity contribution is 9.10. The van der Waals surface area contributed by atoms with Crippen molar-refractivity contribution in [3.8, 4) is 11.3 Å². The molecular formula is C19H27BrClNO. The smallest absolute Gasteiger partial charge is 0.134 e. The number of furan rings is 1. The van der Waals surface area contributed by atoms with Crippen molar-refractivity contribution in [3.63, 3.8) is 0 Å². The van der Waals surface area contributed by atoms with Crippen molar-refractivity contribution in [1.29, 1.82) is 0 Å². The van der Waals surface area contributed by atoms with Crippen LogP contribution < -0.4 is 5.32 Å². The summed E-state index contributed by atoms with van der Waals surface area (Å²) in [5, 5.41) is 3.46. The summed E-state index contributed by atoms with van der Waals surface area (Å²) in [4.78, 5) is 0. The predicted octanol–water partition coefficient (Wildman–Crippen LogP) is 6.50. The summed E-state index contributed by atoms with van der Waals surface area (Å²) in [6.07, 6.45) is 6.58. The maximum atomic E-state index is 5.93. The van der Waals surface area contributed by atoms with E-state index in [2.05, 4.69) is 65.4 Å². The molecule has 1 aromatic heterocycles. The van der Waals surface area contributed by atoms with E-state index in [0.29, 0.717) is 0 Å². The molecule has 0 atom stereocenters. The topological polar surface area (TPSA) is 25.2 Å². The molecule has 0 saturated heterocycles. The first kappa shape index (κ1) is 20.3. The molecule has 1 aromatic carbocycles. The van der Waals surface area contributed by atoms with Gasteiger partial charge in [-0.25, -0.2) is 0 Å². The fourth-order valence-electron chi connectivity index (χ4n) is 2.49. The van der Waals surface area contributed by atoms with Crippen molar-refractivity contribution in [2.45, 2.75) is 52.5 Å². The summed E-state index contributed by atoms with van der Waals surface area (Å²) < 4.78 is 7.06. The molecule has 0 spiro atoms. The third kappa shape index (κ3) is 6.70. The molecule has 2 aromatic rings. The molecule has 0 fully saturated rings. The molecule has 0 aliphatic heterocycles. The van der Waals surface area contributed by atoms with Crippen LogP contribution in [0.2, 0.25) is 0 Å². The van der Waals surface area contributed by atoms with Gasteiger partial charge in [-0.05, 0) is 49.7 Å². The summed E-state index contributed by atoms with van der Waals surface area (Å²) in [5.41, 5.74) is 2.35. The number of hydrogen-bond donors (Lipinski definition) is 1. The standard InChI is InChI=1S/C19H26BrNO.ClH/c1-3-4-5-6-7-12-21-14-17-9-11-19(22-17)16-8-10-18(20)15(2)13-16;/h8-11,13,21H,3-7,12,14H2,1-2H3;1H. The van der Waals surface area contributed by atoms with E-state index in [-0.39, 0.29) is 12.4 Å². The van der Waals surface area contributed by atoms with Crippen molar-refractivity contribution in [2.24, 2.45) is 0 Å². The molecule has 2 rings (SSSR count). The van der Waals surface area contributed by atoms with Crippen molar-refractivity contribution < 1.29 is 4.42 Å². The Morgan fingerprint density at radius 2 is 1.83 bits per heavy atom. The number of unbranched alkanes of at least 4 members (excludes halogenated alkanes) is 4. The lowest BCUT2D eigenvalue weighted by Crippen LogP contribution is -2.14. The first-order chi connectivity index (χ1) is 10.7. The van der Waals surface area contributed by atoms with Gasteiger partial charge in [0.25, 0.3) is 0 Å². The minimum Gasteiger partial charge on any atom is -0.460 e. The van der Waals surface area contributed by atoms with Crippen LogP contribution >= 0.6 is 28.3 Å². The monoisotopic (exact) mass is 399 g/mol. The van der Waals surface area contributed by atoms with E-state index in [1.165, 1.54) is 37.7 Å². The Morgan fingerprint density at radius 1 is 1.04 bits per heavy atom. The van der Waals surface area contributed by atoms with E-state index >= 15 is 0 Å². The van der Waals surface area contributed by atoms with E-state index in [4.69, 9.17) is 4.42 Å². The Bertz CT molecular complexity index is 582. The van der Waals surface area contributed by atoms with Crippen molar-refractivity contribution in [3.05, 3.63) is 46.1 Å². The lowest BCUT2D eigenvalue weighted by molar-refractivity contribution is 0.486. The van der Waals surface area contributed by atoms with E-state index < -0.39 is 0 Å². The molecule has 4 heteroatoms. The van der Waals surface area contributed by atoms with Gasteiger partial charge in [0.2, 0.25) is 0 Å². The number of halogens is 2. The quantitative estimate of drug-likeness (QED) is 0.486. The Morgan fingerprint density at radius 3 is 2.57 bits per heavy atom. The van der Waals surface area contributed by atoms with E-state index in [9.17, 15) is 0 Å². The molecular weight excluding hydrogens is 374 g/mol. The number of rotatable bonds is 9. The first-order valence-electron chi connectivity index (χ1n) is 8.26. The molecule has 1 heterocycles. The largest absolute Gasteiger partial charge is 0.460 e. The van der Waals surface area contributed by atoms with E-state index in [0.717, 1.165) is 34.6 Å². The second-order valence-electron chi connectivity index (χ2n) is 5.82. The predicted molar refractivity (Wildman–Crippen MR) is 104 cm³/mol. The van der Waals surface area contributed by atoms with Crippen LogP contribution in [0.5, 0.6) is 0 Å². The Labute approximate surface area is 154 Å². The molecule has 0 unspecified atom stereocenters. The molecule has 0 saturated carbocycles. The summed E-state index contributed by atoms with van der Waals surface area (Å²) in [7, 11) is 0. The van der Waals surface area contributed by atoms with Gasteiger partial charge in [0.15, 0.2) is 0 Å². The number of hydrogen-bond acceptors (Lipinski definition) is 2. The van der Waals surface area contributed by atoms with Gasteiger partial charge in [-0.1, -0.05) is 54.6 Å². The number of benzene rings is 1. The highest BCUT2D eigenvalue weighted by Gasteiger charge is 2.06. The van der Waals surface area contributed by atoms with Crippen LogP contribution in [0.15, 0.2) is 39.2 Å². The maximum Gasteiger partial charge on any atom is 0.134 e. The van der Waals surface area contributed by atoms with Crippen LogP contribution in [0.4, 0.5) is 0 Å². The fraction of sp³-hybridized carbons (Fsp3) is 0.474. The zero-order valence-corrected chi connectivity index (χ0v) is 16.4. The highest BCUT2D eigenvalue weighted by atomic mass is 79.9. The van der Waals surface area contributed by atoms with Crippen LogP contribution in [0.3, 0.4) is 0 Å². The molecule has 0 radical (unpaired) electrons. The zero-order chi connectivity index (χ0) is 15.8. The Hall–Kier alpha value is -0.770. The van der Waals surface area contributed by atoms with Gasteiger partial charge in [-0.2, -0.15) is 0 Å². The average molecular weight is 401 g/mol. The van der Waals surface area contributed by atoms with Gasteiger partial charge in [0.1, 0.15) is 11.5 Å². The van der Waals surface area contributed by atoms with E-state index in [1.807, 2.05) is 0 Å². The highest BCUT2D eigenvalue weighted by Crippen LogP contribution is 2.26. The molecule has 0 aliphatic rings. The van der Waals surface area contributed by atoms with Gasteiger partial charge in [-0.15, -0.1) is 12.4 Å². The average Bonchev–Trinajstić information content (AvgIpc) is 2.98. The summed E-state index contributed by atoms with van der Waals surface area (Å²) >= 11 is 3.53. The molecule has 1 N–H and O–H groups in total. The normalized spacial score (nSPS) is 10.6. The van der Waals surface area contributed by atoms with Crippen LogP contribution in [0.25, 0.3) is 11.3 Å². The van der Waals surface area contributed by atoms with Crippen molar-refractivity contribution in [1.82, 2.24) is 5.32 Å². The lowest BCUT2D eigenvalue weighted by atomic mass is 10.1. The molecule has 0 amide bonds. The second-order valence-corrected chi connectivity index (χ2v) is 6.68. The third-order valence-corrected chi connectivity index (χ3v) is 4.75. The van der Waals surface area contributed by atoms with Crippen molar-refractivity contribution >= 4 is 28.3 Å². The molecule has 0 aliphatic carbocycles. The van der Waals surface area contributed by atoms with E-state index in [1.54, 1.807) is 0 Å². The first-order valence-corrected chi connectivity index (χ1v) is 9.06. The van der Waals surface area contributed by atoms with Gasteiger partial charge in [0, 0.05) is 10.0 Å². The van der Waals surface area contributed by atoms with Gasteiger partial charge in [-0.3, -0.25) is 0 Å². The minimum atomic E-state index is 0. The molecule has 128 valence electrons. The fourth-order valence-corrected chi connectivity index (χ4v) is 2.74. The summed E-state index contributed by atoms with van der Waals surface area (Å²) in [6.45, 7) is 6.22. The zero-order valence-electron chi connectivity index (χ0n) is 14.0. The lowest BCUT2D eigenvalue weighted by Gasteiger charge is -2.03. The van der Waals surface area contributed by atoms with Crippen molar-refractivity contribution in [2.75, 3.05) is 6.54 Å². The number of nitrogens with one attached hydrogen (secondary N) is 1. The Kier molecular flexibility index (Phi) is 9.61. The molecule has 2 nitrogen and oxygen atoms in total. The van der Waals surface area contributed by atoms with Crippen LogP contribution in [0.1, 0.15) is 50.4 Å². The SMILES string of the molecule is CCCCCCCNCc1ccc(-c2ccc(Br)c(C)c2)o1.Cl. The van der Waals surface area contributed by atoms with Gasteiger partial charge in [0.05, 0.1) is 6.54 Å². The summed E-state index contributed by atoms with van der Waals surface area (Å²) in [6, 6.07) is 10.4. The third-order valence-electron chi connectivity index (χ3n) is 3.86. The molecule has 23 heavy (non-hydrogen) atoms. The summed E-state index contributed by atoms with van der Waals surface area (Å²) in [5.74, 6) is 1.94. The Balaban J connectivity index is 0.00000264. The van der Waals surface area contributed by atoms with Crippen LogP contribution in [0, 0.1) is 6.92 Å². The molecule has 0 bridgehead atoms. The maximum absolute atomic E-state index is 5.93. The second kappa shape index (κ2) is 10.9. The van der Waals surface area contributed by atoms with Crippen LogP contribution in [-0.4, -0.2) is 6.54 Å². The van der Waals surface area contributed by atoms with Crippen LogP contribution in [-0.2, 0) is 6.54 Å². The van der Waals surface area contributed by atoms with Gasteiger partial charge >= 0.3 is 0 Å². The minimum absolute atomic E-state index is 0.